The van der Waals surface area contributed by atoms with Crippen LogP contribution in [-0.2, 0) is 13.0 Å². The molecule has 4 rings (SSSR count). The van der Waals surface area contributed by atoms with Crippen molar-refractivity contribution in [2.45, 2.75) is 50.8 Å². The molecule has 1 N–H and O–H groups in total. The number of ether oxygens (including phenoxy) is 1. The quantitative estimate of drug-likeness (QED) is 0.912. The van der Waals surface area contributed by atoms with Crippen LogP contribution in [0.2, 0.25) is 0 Å². The van der Waals surface area contributed by atoms with Gasteiger partial charge in [0.1, 0.15) is 12.4 Å². The molecule has 1 unspecified atom stereocenters. The SMILES string of the molecule is OC(Cc1ccccc1)c1ccc2c(c1)CN(C1CCCC1)CCO2. The van der Waals surface area contributed by atoms with Crippen molar-refractivity contribution >= 4 is 0 Å². The van der Waals surface area contributed by atoms with Crippen molar-refractivity contribution in [3.05, 3.63) is 65.2 Å². The van der Waals surface area contributed by atoms with Crippen LogP contribution in [0.3, 0.4) is 0 Å². The summed E-state index contributed by atoms with van der Waals surface area (Å²) < 4.78 is 5.97. The molecule has 0 saturated heterocycles. The van der Waals surface area contributed by atoms with Crippen LogP contribution < -0.4 is 4.74 Å². The Kier molecular flexibility index (Phi) is 5.04. The Morgan fingerprint density at radius 2 is 1.88 bits per heavy atom. The first-order chi connectivity index (χ1) is 12.3. The summed E-state index contributed by atoms with van der Waals surface area (Å²) >= 11 is 0. The fraction of sp³-hybridized carbons (Fsp3) is 0.455. The summed E-state index contributed by atoms with van der Waals surface area (Å²) in [5.41, 5.74) is 3.36. The van der Waals surface area contributed by atoms with E-state index in [1.54, 1.807) is 0 Å². The number of hydrogen-bond acceptors (Lipinski definition) is 3. The van der Waals surface area contributed by atoms with Crippen molar-refractivity contribution in [2.75, 3.05) is 13.2 Å². The summed E-state index contributed by atoms with van der Waals surface area (Å²) in [4.78, 5) is 2.58. The first kappa shape index (κ1) is 16.6. The van der Waals surface area contributed by atoms with E-state index in [1.165, 1.54) is 31.2 Å². The van der Waals surface area contributed by atoms with Crippen LogP contribution in [0.1, 0.15) is 48.5 Å². The Labute approximate surface area is 150 Å². The number of fused-ring (bicyclic) bond motifs is 1. The number of hydrogen-bond donors (Lipinski definition) is 1. The number of aliphatic hydroxyl groups is 1. The van der Waals surface area contributed by atoms with Gasteiger partial charge in [-0.1, -0.05) is 49.2 Å². The highest BCUT2D eigenvalue weighted by Crippen LogP contribution is 2.31. The fourth-order valence-electron chi connectivity index (χ4n) is 4.18. The molecule has 2 aromatic rings. The lowest BCUT2D eigenvalue weighted by Crippen LogP contribution is -2.34. The molecule has 0 bridgehead atoms. The van der Waals surface area contributed by atoms with Gasteiger partial charge in [-0.3, -0.25) is 4.90 Å². The number of aliphatic hydroxyl groups excluding tert-OH is 1. The molecule has 1 fully saturated rings. The van der Waals surface area contributed by atoms with Crippen LogP contribution in [0.4, 0.5) is 0 Å². The molecule has 3 nitrogen and oxygen atoms in total. The maximum Gasteiger partial charge on any atom is 0.123 e. The third-order valence-electron chi connectivity index (χ3n) is 5.59. The molecule has 1 aliphatic carbocycles. The third kappa shape index (κ3) is 3.88. The van der Waals surface area contributed by atoms with Crippen LogP contribution in [0, 0.1) is 0 Å². The van der Waals surface area contributed by atoms with Crippen molar-refractivity contribution in [1.82, 2.24) is 4.90 Å². The van der Waals surface area contributed by atoms with Crippen molar-refractivity contribution in [3.63, 3.8) is 0 Å². The molecule has 0 radical (unpaired) electrons. The Bertz CT molecular complexity index is 694. The minimum Gasteiger partial charge on any atom is -0.492 e. The van der Waals surface area contributed by atoms with E-state index in [4.69, 9.17) is 4.74 Å². The van der Waals surface area contributed by atoms with E-state index in [0.717, 1.165) is 36.6 Å². The molecule has 0 aromatic heterocycles. The van der Waals surface area contributed by atoms with Crippen molar-refractivity contribution in [2.24, 2.45) is 0 Å². The molecule has 0 spiro atoms. The Hall–Kier alpha value is -1.84. The molecule has 25 heavy (non-hydrogen) atoms. The van der Waals surface area contributed by atoms with Crippen LogP contribution in [0.15, 0.2) is 48.5 Å². The number of nitrogens with zero attached hydrogens (tertiary/aromatic N) is 1. The summed E-state index contributed by atoms with van der Waals surface area (Å²) in [5, 5.41) is 10.7. The molecule has 1 heterocycles. The van der Waals surface area contributed by atoms with Crippen molar-refractivity contribution < 1.29 is 9.84 Å². The average Bonchev–Trinajstić information content (AvgIpc) is 3.09. The Morgan fingerprint density at radius 3 is 2.68 bits per heavy atom. The standard InChI is InChI=1S/C22H27NO2/c24-21(14-17-6-2-1-3-7-17)18-10-11-22-19(15-18)16-23(12-13-25-22)20-8-4-5-9-20/h1-3,6-7,10-11,15,20-21,24H,4-5,8-9,12-14,16H2. The molecule has 1 saturated carbocycles. The van der Waals surface area contributed by atoms with Crippen LogP contribution in [0.25, 0.3) is 0 Å². The number of benzene rings is 2. The van der Waals surface area contributed by atoms with Gasteiger partial charge in [-0.25, -0.2) is 0 Å². The zero-order chi connectivity index (χ0) is 17.1. The topological polar surface area (TPSA) is 32.7 Å². The molecule has 1 aliphatic heterocycles. The predicted molar refractivity (Wildman–Crippen MR) is 99.7 cm³/mol. The smallest absolute Gasteiger partial charge is 0.123 e. The van der Waals surface area contributed by atoms with E-state index in [0.29, 0.717) is 12.5 Å². The molecule has 1 atom stereocenters. The third-order valence-corrected chi connectivity index (χ3v) is 5.59. The molecule has 2 aromatic carbocycles. The summed E-state index contributed by atoms with van der Waals surface area (Å²) in [6.07, 6.45) is 5.50. The van der Waals surface area contributed by atoms with Gasteiger partial charge in [-0.05, 0) is 36.1 Å². The van der Waals surface area contributed by atoms with E-state index in [2.05, 4.69) is 23.1 Å². The minimum absolute atomic E-state index is 0.476. The van der Waals surface area contributed by atoms with Crippen LogP contribution in [0.5, 0.6) is 5.75 Å². The van der Waals surface area contributed by atoms with Gasteiger partial charge >= 0.3 is 0 Å². The molecule has 3 heteroatoms. The Morgan fingerprint density at radius 1 is 1.08 bits per heavy atom. The lowest BCUT2D eigenvalue weighted by atomic mass is 9.99. The van der Waals surface area contributed by atoms with Gasteiger partial charge in [0.2, 0.25) is 0 Å². The summed E-state index contributed by atoms with van der Waals surface area (Å²) in [6, 6.07) is 17.1. The molecule has 2 aliphatic rings. The van der Waals surface area contributed by atoms with Crippen molar-refractivity contribution in [1.29, 1.82) is 0 Å². The summed E-state index contributed by atoms with van der Waals surface area (Å²) in [7, 11) is 0. The largest absolute Gasteiger partial charge is 0.492 e. The van der Waals surface area contributed by atoms with E-state index < -0.39 is 6.10 Å². The highest BCUT2D eigenvalue weighted by molar-refractivity contribution is 5.39. The van der Waals surface area contributed by atoms with Gasteiger partial charge in [0.15, 0.2) is 0 Å². The van der Waals surface area contributed by atoms with Crippen molar-refractivity contribution in [3.8, 4) is 5.75 Å². The second-order valence-corrected chi connectivity index (χ2v) is 7.33. The molecular weight excluding hydrogens is 310 g/mol. The maximum atomic E-state index is 10.7. The zero-order valence-electron chi connectivity index (χ0n) is 14.7. The lowest BCUT2D eigenvalue weighted by molar-refractivity contribution is 0.170. The lowest BCUT2D eigenvalue weighted by Gasteiger charge is -2.26. The highest BCUT2D eigenvalue weighted by atomic mass is 16.5. The fourth-order valence-corrected chi connectivity index (χ4v) is 4.18. The van der Waals surface area contributed by atoms with Gasteiger partial charge in [0.05, 0.1) is 6.10 Å². The van der Waals surface area contributed by atoms with E-state index in [-0.39, 0.29) is 0 Å². The number of rotatable bonds is 4. The van der Waals surface area contributed by atoms with Gasteiger partial charge < -0.3 is 9.84 Å². The predicted octanol–water partition coefficient (Wildman–Crippen LogP) is 4.10. The summed E-state index contributed by atoms with van der Waals surface area (Å²) in [5.74, 6) is 0.983. The summed E-state index contributed by atoms with van der Waals surface area (Å²) in [6.45, 7) is 2.70. The molecule has 132 valence electrons. The Balaban J connectivity index is 1.51. The van der Waals surface area contributed by atoms with E-state index in [9.17, 15) is 5.11 Å². The van der Waals surface area contributed by atoms with Gasteiger partial charge in [0, 0.05) is 31.1 Å². The first-order valence-electron chi connectivity index (χ1n) is 9.51. The van der Waals surface area contributed by atoms with E-state index in [1.807, 2.05) is 30.3 Å². The normalized spacial score (nSPS) is 19.9. The van der Waals surface area contributed by atoms with Crippen LogP contribution >= 0.6 is 0 Å². The second-order valence-electron chi connectivity index (χ2n) is 7.33. The molecular formula is C22H27NO2. The zero-order valence-corrected chi connectivity index (χ0v) is 14.7. The van der Waals surface area contributed by atoms with E-state index >= 15 is 0 Å². The van der Waals surface area contributed by atoms with Crippen LogP contribution in [-0.4, -0.2) is 29.2 Å². The monoisotopic (exact) mass is 337 g/mol. The maximum absolute atomic E-state index is 10.7. The highest BCUT2D eigenvalue weighted by Gasteiger charge is 2.25. The molecule has 0 amide bonds. The second kappa shape index (κ2) is 7.59. The van der Waals surface area contributed by atoms with Gasteiger partial charge in [0.25, 0.3) is 0 Å². The van der Waals surface area contributed by atoms with Gasteiger partial charge in [-0.15, -0.1) is 0 Å². The average molecular weight is 337 g/mol. The van der Waals surface area contributed by atoms with Gasteiger partial charge in [-0.2, -0.15) is 0 Å². The minimum atomic E-state index is -0.476. The first-order valence-corrected chi connectivity index (χ1v) is 9.51.